The molecule has 3 aromatic rings. The Morgan fingerprint density at radius 2 is 1.75 bits per heavy atom. The van der Waals surface area contributed by atoms with Crippen LogP contribution in [0.2, 0.25) is 5.02 Å². The van der Waals surface area contributed by atoms with Crippen molar-refractivity contribution in [1.82, 2.24) is 9.88 Å². The lowest BCUT2D eigenvalue weighted by Gasteiger charge is -2.33. The van der Waals surface area contributed by atoms with Gasteiger partial charge in [0.2, 0.25) is 5.91 Å². The molecule has 1 aliphatic carbocycles. The van der Waals surface area contributed by atoms with Crippen molar-refractivity contribution < 1.29 is 9.59 Å². The number of rotatable bonds is 5. The molecule has 166 valence electrons. The van der Waals surface area contributed by atoms with E-state index in [1.807, 2.05) is 18.2 Å². The molecule has 0 unspecified atom stereocenters. The van der Waals surface area contributed by atoms with Crippen LogP contribution in [0.5, 0.6) is 0 Å². The van der Waals surface area contributed by atoms with E-state index in [1.165, 1.54) is 23.8 Å². The quantitative estimate of drug-likeness (QED) is 0.476. The molecule has 1 saturated carbocycles. The van der Waals surface area contributed by atoms with Crippen molar-refractivity contribution in [1.29, 1.82) is 0 Å². The van der Waals surface area contributed by atoms with Gasteiger partial charge < -0.3 is 9.88 Å². The Morgan fingerprint density at radius 1 is 1.00 bits per heavy atom. The Hall–Kier alpha value is -2.59. The Labute approximate surface area is 193 Å². The van der Waals surface area contributed by atoms with Gasteiger partial charge in [-0.05, 0) is 67.0 Å². The Morgan fingerprint density at radius 3 is 2.50 bits per heavy atom. The molecule has 0 radical (unpaired) electrons. The fourth-order valence-corrected chi connectivity index (χ4v) is 5.69. The number of aromatic nitrogens is 1. The number of carbonyl (C=O) groups is 2. The molecule has 2 fully saturated rings. The van der Waals surface area contributed by atoms with Gasteiger partial charge in [-0.15, -0.1) is 0 Å². The van der Waals surface area contributed by atoms with Crippen molar-refractivity contribution in [3.63, 3.8) is 0 Å². The smallest absolute Gasteiger partial charge is 0.225 e. The summed E-state index contributed by atoms with van der Waals surface area (Å²) in [5.74, 6) is 1.11. The van der Waals surface area contributed by atoms with Gasteiger partial charge in [-0.2, -0.15) is 0 Å². The van der Waals surface area contributed by atoms with Crippen molar-refractivity contribution in [2.75, 3.05) is 13.1 Å². The number of ketones is 1. The summed E-state index contributed by atoms with van der Waals surface area (Å²) in [5.41, 5.74) is 3.97. The summed E-state index contributed by atoms with van der Waals surface area (Å²) in [6.07, 6.45) is 8.96. The van der Waals surface area contributed by atoms with Crippen LogP contribution < -0.4 is 0 Å². The van der Waals surface area contributed by atoms with E-state index < -0.39 is 0 Å². The second-order valence-electron chi connectivity index (χ2n) is 9.28. The number of hydrogen-bond acceptors (Lipinski definition) is 2. The van der Waals surface area contributed by atoms with Crippen LogP contribution >= 0.6 is 11.6 Å². The molecule has 1 N–H and O–H groups in total. The number of halogens is 1. The second-order valence-corrected chi connectivity index (χ2v) is 9.69. The van der Waals surface area contributed by atoms with Crippen LogP contribution in [-0.2, 0) is 11.2 Å². The van der Waals surface area contributed by atoms with E-state index in [4.69, 9.17) is 11.6 Å². The summed E-state index contributed by atoms with van der Waals surface area (Å²) < 4.78 is 0. The zero-order valence-corrected chi connectivity index (χ0v) is 19.0. The van der Waals surface area contributed by atoms with E-state index in [2.05, 4.69) is 28.2 Å². The highest BCUT2D eigenvalue weighted by molar-refractivity contribution is 6.34. The molecular weight excluding hydrogens is 420 g/mol. The van der Waals surface area contributed by atoms with Gasteiger partial charge in [0.05, 0.1) is 5.02 Å². The summed E-state index contributed by atoms with van der Waals surface area (Å²) in [6, 6.07) is 13.4. The first-order chi connectivity index (χ1) is 15.6. The summed E-state index contributed by atoms with van der Waals surface area (Å²) in [5, 5.41) is 1.69. The van der Waals surface area contributed by atoms with Crippen LogP contribution in [0.15, 0.2) is 48.7 Å². The van der Waals surface area contributed by atoms with Gasteiger partial charge in [-0.25, -0.2) is 0 Å². The molecule has 5 heteroatoms. The van der Waals surface area contributed by atoms with Crippen LogP contribution in [0, 0.1) is 5.92 Å². The van der Waals surface area contributed by atoms with E-state index in [9.17, 15) is 9.59 Å². The third-order valence-corrected chi connectivity index (χ3v) is 7.60. The fraction of sp³-hybridized carbons (Fsp3) is 0.407. The second kappa shape index (κ2) is 9.11. The maximum atomic E-state index is 12.8. The van der Waals surface area contributed by atoms with Gasteiger partial charge in [-0.3, -0.25) is 9.59 Å². The Balaban J connectivity index is 1.30. The lowest BCUT2D eigenvalue weighted by molar-refractivity contribution is -0.136. The van der Waals surface area contributed by atoms with Crippen LogP contribution in [0.4, 0.5) is 0 Å². The topological polar surface area (TPSA) is 53.2 Å². The summed E-state index contributed by atoms with van der Waals surface area (Å²) >= 11 is 6.21. The van der Waals surface area contributed by atoms with Crippen LogP contribution in [-0.4, -0.2) is 34.7 Å². The molecule has 0 spiro atoms. The predicted octanol–water partition coefficient (Wildman–Crippen LogP) is 6.14. The normalized spacial score (nSPS) is 17.8. The number of H-pyrrole nitrogens is 1. The number of fused-ring (bicyclic) bond motifs is 1. The number of aromatic amines is 1. The zero-order chi connectivity index (χ0) is 22.1. The first kappa shape index (κ1) is 21.3. The molecule has 0 bridgehead atoms. The van der Waals surface area contributed by atoms with Gasteiger partial charge in [0.15, 0.2) is 5.78 Å². The first-order valence-corrected chi connectivity index (χ1v) is 12.1. The van der Waals surface area contributed by atoms with Gasteiger partial charge in [-0.1, -0.05) is 42.6 Å². The molecule has 2 aromatic carbocycles. The minimum absolute atomic E-state index is 0.0331. The molecule has 1 aliphatic heterocycles. The van der Waals surface area contributed by atoms with Crippen LogP contribution in [0.3, 0.4) is 0 Å². The van der Waals surface area contributed by atoms with Gasteiger partial charge >= 0.3 is 0 Å². The standard InChI is InChI=1S/C27H29ClN2O2/c28-24-8-4-3-7-21(24)26(31)16-18-9-10-25-22(15-18)23(17-29-25)19-11-13-30(14-12-19)27(32)20-5-1-2-6-20/h3-4,7-10,15,17,19-20,29H,1-2,5-6,11-14,16H2. The minimum Gasteiger partial charge on any atom is -0.361 e. The third kappa shape index (κ3) is 4.21. The van der Waals surface area contributed by atoms with Gasteiger partial charge in [0, 0.05) is 48.1 Å². The molecule has 1 saturated heterocycles. The van der Waals surface area contributed by atoms with E-state index in [1.54, 1.807) is 12.1 Å². The average Bonchev–Trinajstić information content (AvgIpc) is 3.49. The number of Topliss-reactive ketones (excluding diaryl/α,β-unsaturated/α-hetero) is 1. The molecular formula is C27H29ClN2O2. The fourth-order valence-electron chi connectivity index (χ4n) is 5.45. The van der Waals surface area contributed by atoms with E-state index in [0.717, 1.165) is 49.9 Å². The highest BCUT2D eigenvalue weighted by Crippen LogP contribution is 2.35. The Kier molecular flexibility index (Phi) is 6.05. The maximum absolute atomic E-state index is 12.8. The third-order valence-electron chi connectivity index (χ3n) is 7.27. The average molecular weight is 449 g/mol. The molecule has 4 nitrogen and oxygen atoms in total. The lowest BCUT2D eigenvalue weighted by Crippen LogP contribution is -2.40. The number of carbonyl (C=O) groups excluding carboxylic acids is 2. The highest BCUT2D eigenvalue weighted by atomic mass is 35.5. The Bertz CT molecular complexity index is 1140. The number of nitrogens with one attached hydrogen (secondary N) is 1. The molecule has 5 rings (SSSR count). The molecule has 1 aromatic heterocycles. The summed E-state index contributed by atoms with van der Waals surface area (Å²) in [7, 11) is 0. The summed E-state index contributed by atoms with van der Waals surface area (Å²) in [4.78, 5) is 31.0. The van der Waals surface area contributed by atoms with Crippen molar-refractivity contribution >= 4 is 34.2 Å². The lowest BCUT2D eigenvalue weighted by atomic mass is 9.88. The number of amides is 1. The first-order valence-electron chi connectivity index (χ1n) is 11.8. The van der Waals surface area contributed by atoms with Gasteiger partial charge in [0.1, 0.15) is 0 Å². The predicted molar refractivity (Wildman–Crippen MR) is 128 cm³/mol. The minimum atomic E-state index is 0.0331. The van der Waals surface area contributed by atoms with Crippen LogP contribution in [0.1, 0.15) is 65.9 Å². The molecule has 2 heterocycles. The maximum Gasteiger partial charge on any atom is 0.225 e. The molecule has 0 atom stereocenters. The largest absolute Gasteiger partial charge is 0.361 e. The van der Waals surface area contributed by atoms with E-state index in [0.29, 0.717) is 28.8 Å². The van der Waals surface area contributed by atoms with Crippen molar-refractivity contribution in [2.24, 2.45) is 5.92 Å². The number of benzene rings is 2. The number of nitrogens with zero attached hydrogens (tertiary/aromatic N) is 1. The van der Waals surface area contributed by atoms with Crippen LogP contribution in [0.25, 0.3) is 10.9 Å². The monoisotopic (exact) mass is 448 g/mol. The molecule has 1 amide bonds. The highest BCUT2D eigenvalue weighted by Gasteiger charge is 2.31. The zero-order valence-electron chi connectivity index (χ0n) is 18.3. The SMILES string of the molecule is O=C(Cc1ccc2[nH]cc(C3CCN(C(=O)C4CCCC4)CC3)c2c1)c1ccccc1Cl. The van der Waals surface area contributed by atoms with E-state index >= 15 is 0 Å². The summed E-state index contributed by atoms with van der Waals surface area (Å²) in [6.45, 7) is 1.69. The number of hydrogen-bond donors (Lipinski definition) is 1. The molecule has 2 aliphatic rings. The van der Waals surface area contributed by atoms with E-state index in [-0.39, 0.29) is 11.7 Å². The van der Waals surface area contributed by atoms with Crippen molar-refractivity contribution in [2.45, 2.75) is 50.9 Å². The van der Waals surface area contributed by atoms with Crippen molar-refractivity contribution in [3.8, 4) is 0 Å². The van der Waals surface area contributed by atoms with Crippen molar-refractivity contribution in [3.05, 3.63) is 70.4 Å². The number of piperidine rings is 1. The number of likely N-dealkylation sites (tertiary alicyclic amines) is 1. The molecule has 32 heavy (non-hydrogen) atoms. The van der Waals surface area contributed by atoms with Gasteiger partial charge in [0.25, 0.3) is 0 Å².